The zero-order valence-electron chi connectivity index (χ0n) is 17.4. The van der Waals surface area contributed by atoms with Gasteiger partial charge in [0.25, 0.3) is 0 Å². The average Bonchev–Trinajstić information content (AvgIpc) is 3.32. The molecule has 1 aliphatic heterocycles. The van der Waals surface area contributed by atoms with Gasteiger partial charge in [-0.2, -0.15) is 13.2 Å². The average molecular weight is 486 g/mol. The third-order valence-corrected chi connectivity index (χ3v) is 6.31. The second kappa shape index (κ2) is 11.1. The van der Waals surface area contributed by atoms with Crippen LogP contribution in [0.5, 0.6) is 5.75 Å². The van der Waals surface area contributed by atoms with Crippen LogP contribution in [-0.2, 0) is 4.74 Å². The van der Waals surface area contributed by atoms with Gasteiger partial charge in [-0.1, -0.05) is 17.8 Å². The Hall–Kier alpha value is -2.21. The third-order valence-electron chi connectivity index (χ3n) is 4.41. The molecule has 0 bridgehead atoms. The molecule has 1 atom stereocenters. The first-order valence-corrected chi connectivity index (χ1v) is 11.6. The molecule has 1 N–H and O–H groups in total. The maximum atomic E-state index is 12.1. The fraction of sp³-hybridized carbons (Fsp3) is 0.381. The molecule has 32 heavy (non-hydrogen) atoms. The van der Waals surface area contributed by atoms with Crippen molar-refractivity contribution < 1.29 is 27.4 Å². The first-order chi connectivity index (χ1) is 15.3. The van der Waals surface area contributed by atoms with E-state index < -0.39 is 12.3 Å². The molecule has 0 amide bonds. The summed E-state index contributed by atoms with van der Waals surface area (Å²) in [6.07, 6.45) is -5.82. The van der Waals surface area contributed by atoms with Gasteiger partial charge >= 0.3 is 6.18 Å². The highest BCUT2D eigenvalue weighted by atomic mass is 32.2. The molecule has 1 saturated heterocycles. The molecule has 172 valence electrons. The van der Waals surface area contributed by atoms with Crippen LogP contribution in [-0.4, -0.2) is 60.6 Å². The number of ether oxygens (including phenoxy) is 2. The van der Waals surface area contributed by atoms with Crippen LogP contribution in [0.15, 0.2) is 40.7 Å². The number of hydrogen-bond acceptors (Lipinski definition) is 8. The van der Waals surface area contributed by atoms with Crippen molar-refractivity contribution in [3.8, 4) is 5.75 Å². The van der Waals surface area contributed by atoms with Gasteiger partial charge in [0.1, 0.15) is 16.6 Å². The minimum Gasteiger partial charge on any atom is -0.497 e. The number of Topliss-reactive ketones (excluding diaryl/α,β-unsaturated/α-hetero) is 1. The molecular weight excluding hydrogens is 463 g/mol. The maximum Gasteiger partial charge on any atom is 0.415 e. The minimum atomic E-state index is -4.21. The number of hydrogen-bond donors (Lipinski definition) is 1. The molecule has 1 fully saturated rings. The predicted octanol–water partition coefficient (Wildman–Crippen LogP) is 4.52. The van der Waals surface area contributed by atoms with Crippen LogP contribution >= 0.6 is 23.1 Å². The molecule has 4 rings (SSSR count). The van der Waals surface area contributed by atoms with E-state index in [0.717, 1.165) is 26.6 Å². The monoisotopic (exact) mass is 485 g/mol. The Labute approximate surface area is 191 Å². The summed E-state index contributed by atoms with van der Waals surface area (Å²) in [5.74, 6) is 1.94. The molecule has 0 saturated carbocycles. The largest absolute Gasteiger partial charge is 0.497 e. The lowest BCUT2D eigenvalue weighted by atomic mass is 10.2. The number of halogens is 3. The lowest BCUT2D eigenvalue weighted by Gasteiger charge is -2.25. The molecule has 0 aliphatic carbocycles. The zero-order valence-corrected chi connectivity index (χ0v) is 19.1. The minimum absolute atomic E-state index is 0.118. The zero-order chi connectivity index (χ0) is 23.1. The van der Waals surface area contributed by atoms with E-state index in [2.05, 4.69) is 20.0 Å². The molecule has 1 aromatic carbocycles. The van der Waals surface area contributed by atoms with Gasteiger partial charge < -0.3 is 14.8 Å². The molecule has 1 unspecified atom stereocenters. The van der Waals surface area contributed by atoms with Gasteiger partial charge in [0.2, 0.25) is 0 Å². The lowest BCUT2D eigenvalue weighted by Crippen LogP contribution is -2.46. The van der Waals surface area contributed by atoms with Crippen LogP contribution in [0, 0.1) is 6.92 Å². The summed E-state index contributed by atoms with van der Waals surface area (Å²) < 4.78 is 45.0. The van der Waals surface area contributed by atoms with E-state index in [4.69, 9.17) is 4.74 Å². The Morgan fingerprint density at radius 3 is 2.75 bits per heavy atom. The summed E-state index contributed by atoms with van der Waals surface area (Å²) in [7, 11) is 1.63. The Morgan fingerprint density at radius 1 is 1.34 bits per heavy atom. The number of alkyl halides is 3. The van der Waals surface area contributed by atoms with Gasteiger partial charge in [-0.3, -0.25) is 4.79 Å². The Morgan fingerprint density at radius 2 is 2.16 bits per heavy atom. The number of aryl methyl sites for hydroxylation is 1. The van der Waals surface area contributed by atoms with E-state index in [0.29, 0.717) is 18.1 Å². The van der Waals surface area contributed by atoms with E-state index in [-0.39, 0.29) is 18.9 Å². The van der Waals surface area contributed by atoms with Crippen molar-refractivity contribution in [2.24, 2.45) is 0 Å². The first-order valence-electron chi connectivity index (χ1n) is 9.69. The molecule has 0 spiro atoms. The van der Waals surface area contributed by atoms with Crippen LogP contribution < -0.4 is 10.1 Å². The summed E-state index contributed by atoms with van der Waals surface area (Å²) in [6, 6.07) is 9.43. The highest BCUT2D eigenvalue weighted by Crippen LogP contribution is 2.29. The van der Waals surface area contributed by atoms with Crippen LogP contribution in [0.3, 0.4) is 0 Å². The van der Waals surface area contributed by atoms with Crippen molar-refractivity contribution >= 4 is 39.8 Å². The van der Waals surface area contributed by atoms with Crippen LogP contribution in [0.2, 0.25) is 0 Å². The molecule has 1 aliphatic rings. The normalized spacial score (nSPS) is 16.3. The van der Waals surface area contributed by atoms with E-state index in [9.17, 15) is 18.0 Å². The fourth-order valence-electron chi connectivity index (χ4n) is 2.85. The van der Waals surface area contributed by atoms with Crippen LogP contribution in [0.25, 0.3) is 10.9 Å². The van der Waals surface area contributed by atoms with Crippen molar-refractivity contribution in [2.75, 3.05) is 32.6 Å². The molecule has 2 aromatic heterocycles. The second-order valence-corrected chi connectivity index (χ2v) is 8.67. The number of benzene rings is 1. The number of fused-ring (bicyclic) bond motifs is 1. The molecule has 6 nitrogen and oxygen atoms in total. The summed E-state index contributed by atoms with van der Waals surface area (Å²) in [5.41, 5.74) is 0.861. The number of aromatic nitrogens is 2. The quantitative estimate of drug-likeness (QED) is 0.324. The highest BCUT2D eigenvalue weighted by molar-refractivity contribution is 8.00. The van der Waals surface area contributed by atoms with E-state index in [1.165, 1.54) is 23.1 Å². The number of methoxy groups -OCH3 is 1. The fourth-order valence-corrected chi connectivity index (χ4v) is 4.54. The Kier molecular flexibility index (Phi) is 8.46. The van der Waals surface area contributed by atoms with Gasteiger partial charge in [-0.05, 0) is 36.6 Å². The van der Waals surface area contributed by atoms with Crippen molar-refractivity contribution in [3.05, 3.63) is 46.4 Å². The molecule has 3 aromatic rings. The summed E-state index contributed by atoms with van der Waals surface area (Å²) >= 11 is 2.90. The van der Waals surface area contributed by atoms with Crippen molar-refractivity contribution in [3.63, 3.8) is 0 Å². The van der Waals surface area contributed by atoms with Crippen molar-refractivity contribution in [1.82, 2.24) is 15.3 Å². The molecule has 11 heteroatoms. The predicted molar refractivity (Wildman–Crippen MR) is 119 cm³/mol. The van der Waals surface area contributed by atoms with Gasteiger partial charge in [-0.25, -0.2) is 9.97 Å². The number of nitrogens with one attached hydrogen (secondary N) is 1. The standard InChI is InChI=1S/C16H14N2O2S2.C5H8F3NO/c1-10-17-13-6-5-11(20-2)8-12(13)16(18-10)22-9-14(19)15-4-3-7-21-15;6-5(7,8)4-3-9-1-2-10-4/h3-8H,9H2,1-2H3;4,9H,1-3H2. The number of thiophene rings is 1. The smallest absolute Gasteiger partial charge is 0.415 e. The Bertz CT molecular complexity index is 1040. The van der Waals surface area contributed by atoms with Crippen molar-refractivity contribution in [1.29, 1.82) is 0 Å². The molecule has 3 heterocycles. The number of ketones is 1. The Balaban J connectivity index is 0.000000243. The SMILES string of the molecule is COc1ccc2nc(C)nc(SCC(=O)c3cccs3)c2c1.FC(F)(F)C1CNCCO1. The number of thioether (sulfide) groups is 1. The van der Waals surface area contributed by atoms with Gasteiger partial charge in [0.15, 0.2) is 11.9 Å². The van der Waals surface area contributed by atoms with Crippen LogP contribution in [0.1, 0.15) is 15.5 Å². The van der Waals surface area contributed by atoms with Gasteiger partial charge in [0.05, 0.1) is 29.9 Å². The molecular formula is C21H22F3N3O3S2. The van der Waals surface area contributed by atoms with E-state index in [1.807, 2.05) is 42.6 Å². The topological polar surface area (TPSA) is 73.3 Å². The second-order valence-electron chi connectivity index (χ2n) is 6.75. The van der Waals surface area contributed by atoms with E-state index >= 15 is 0 Å². The summed E-state index contributed by atoms with van der Waals surface area (Å²) in [4.78, 5) is 21.8. The summed E-state index contributed by atoms with van der Waals surface area (Å²) in [6.45, 7) is 2.38. The number of carbonyl (C=O) groups is 1. The number of morpholine rings is 1. The van der Waals surface area contributed by atoms with Gasteiger partial charge in [-0.15, -0.1) is 11.3 Å². The van der Waals surface area contributed by atoms with Crippen molar-refractivity contribution in [2.45, 2.75) is 24.2 Å². The lowest BCUT2D eigenvalue weighted by molar-refractivity contribution is -0.224. The summed E-state index contributed by atoms with van der Waals surface area (Å²) in [5, 5.41) is 6.23. The van der Waals surface area contributed by atoms with Gasteiger partial charge in [0, 0.05) is 18.5 Å². The van der Waals surface area contributed by atoms with Crippen LogP contribution in [0.4, 0.5) is 13.2 Å². The number of rotatable bonds is 5. The third kappa shape index (κ3) is 6.64. The highest BCUT2D eigenvalue weighted by Gasteiger charge is 2.41. The maximum absolute atomic E-state index is 12.1. The number of nitrogens with zero attached hydrogens (tertiary/aromatic N) is 2. The molecule has 0 radical (unpaired) electrons. The first kappa shape index (κ1) is 24.4. The number of carbonyl (C=O) groups excluding carboxylic acids is 1. The van der Waals surface area contributed by atoms with E-state index in [1.54, 1.807) is 7.11 Å².